The normalized spacial score (nSPS) is 11.1. The molecule has 1 aromatic heterocycles. The summed E-state index contributed by atoms with van der Waals surface area (Å²) in [4.78, 5) is 15.9. The van der Waals surface area contributed by atoms with Gasteiger partial charge in [-0.3, -0.25) is 0 Å². The van der Waals surface area contributed by atoms with Gasteiger partial charge in [0.25, 0.3) is 0 Å². The van der Waals surface area contributed by atoms with Gasteiger partial charge in [0.15, 0.2) is 0 Å². The lowest BCUT2D eigenvalue weighted by Crippen LogP contribution is -2.09. The first-order valence-electron chi connectivity index (χ1n) is 24.4. The molecule has 4 heteroatoms. The van der Waals surface area contributed by atoms with Crippen LogP contribution in [-0.4, -0.2) is 9.97 Å². The zero-order valence-electron chi connectivity index (χ0n) is 39.5. The van der Waals surface area contributed by atoms with E-state index in [-0.39, 0.29) is 0 Å². The van der Waals surface area contributed by atoms with Gasteiger partial charge in [-0.2, -0.15) is 0 Å². The molecule has 0 unspecified atom stereocenters. The first-order chi connectivity index (χ1) is 35.7. The van der Waals surface area contributed by atoms with Gasteiger partial charge < -0.3 is 9.80 Å². The molecule has 0 aliphatic rings. The van der Waals surface area contributed by atoms with E-state index in [1.807, 2.05) is 0 Å². The van der Waals surface area contributed by atoms with E-state index in [2.05, 4.69) is 301 Å². The number of anilines is 6. The Balaban J connectivity index is 0.936. The van der Waals surface area contributed by atoms with Gasteiger partial charge in [-0.15, -0.1) is 0 Å². The first kappa shape index (κ1) is 43.6. The predicted molar refractivity (Wildman–Crippen MR) is 302 cm³/mol. The van der Waals surface area contributed by atoms with Crippen molar-refractivity contribution < 1.29 is 0 Å². The first-order valence-corrected chi connectivity index (χ1v) is 24.4. The number of benzene rings is 11. The van der Waals surface area contributed by atoms with Crippen LogP contribution in [0.4, 0.5) is 34.1 Å². The highest BCUT2D eigenvalue weighted by atomic mass is 15.1. The molecule has 0 N–H and O–H groups in total. The van der Waals surface area contributed by atoms with Crippen LogP contribution in [-0.2, 0) is 0 Å². The Labute approximate surface area is 421 Å². The van der Waals surface area contributed by atoms with E-state index in [9.17, 15) is 0 Å². The van der Waals surface area contributed by atoms with E-state index in [1.165, 1.54) is 0 Å². The van der Waals surface area contributed by atoms with Crippen molar-refractivity contribution in [3.63, 3.8) is 0 Å². The molecule has 0 bridgehead atoms. The molecule has 0 spiro atoms. The Morgan fingerprint density at radius 1 is 0.181 bits per heavy atom. The largest absolute Gasteiger partial charge is 0.311 e. The molecule has 0 saturated heterocycles. The molecule has 340 valence electrons. The Morgan fingerprint density at radius 3 is 0.681 bits per heavy atom. The third-order valence-electron chi connectivity index (χ3n) is 13.3. The maximum atomic E-state index is 5.66. The van der Waals surface area contributed by atoms with Gasteiger partial charge in [0.1, 0.15) is 0 Å². The van der Waals surface area contributed by atoms with Crippen molar-refractivity contribution >= 4 is 45.2 Å². The lowest BCUT2D eigenvalue weighted by Gasteiger charge is -2.25. The fourth-order valence-electron chi connectivity index (χ4n) is 9.69. The topological polar surface area (TPSA) is 32.3 Å². The molecule has 4 nitrogen and oxygen atoms in total. The van der Waals surface area contributed by atoms with Crippen molar-refractivity contribution in [2.24, 2.45) is 0 Å². The molecule has 0 fully saturated rings. The highest BCUT2D eigenvalue weighted by molar-refractivity contribution is 6.03. The van der Waals surface area contributed by atoms with Gasteiger partial charge in [0, 0.05) is 56.4 Å². The summed E-state index contributed by atoms with van der Waals surface area (Å²) < 4.78 is 0. The molecule has 0 amide bonds. The molecule has 11 aromatic carbocycles. The molecule has 12 aromatic rings. The number of aromatic nitrogens is 2. The second kappa shape index (κ2) is 19.8. The molecular weight excluding hydrogens is 873 g/mol. The molecule has 0 atom stereocenters. The van der Waals surface area contributed by atoms with Crippen LogP contribution in [0.2, 0.25) is 0 Å². The quantitative estimate of drug-likeness (QED) is 0.122. The maximum absolute atomic E-state index is 5.66. The third-order valence-corrected chi connectivity index (χ3v) is 13.3. The number of para-hydroxylation sites is 4. The molecule has 12 rings (SSSR count). The highest BCUT2D eigenvalue weighted by Gasteiger charge is 2.20. The smallest absolute Gasteiger partial charge is 0.0979 e. The second-order valence-corrected chi connectivity index (χ2v) is 17.8. The molecule has 72 heavy (non-hydrogen) atoms. The van der Waals surface area contributed by atoms with Crippen molar-refractivity contribution in [1.82, 2.24) is 9.97 Å². The fourth-order valence-corrected chi connectivity index (χ4v) is 9.69. The van der Waals surface area contributed by atoms with Crippen LogP contribution in [0.25, 0.3) is 78.1 Å². The summed E-state index contributed by atoms with van der Waals surface area (Å²) in [6.07, 6.45) is 0. The predicted octanol–water partition coefficient (Wildman–Crippen LogP) is 18.6. The standard InChI is InChI=1S/C68H48N4/c1-7-19-53(20-8-1)63-47-48-64(54-21-9-2-10-22-54)68-67(63)69-65(55-35-31-49(32-36-55)51-39-43-61(44-40-51)71(57-23-11-3-12-24-57)58-25-13-4-14-26-58)66(70-68)56-37-33-50(34-38-56)52-41-45-62(46-42-52)72(59-27-15-5-16-28-59)60-29-17-6-18-30-60/h1-48H. The van der Waals surface area contributed by atoms with Crippen LogP contribution < -0.4 is 9.80 Å². The van der Waals surface area contributed by atoms with Crippen LogP contribution in [0.15, 0.2) is 291 Å². The maximum Gasteiger partial charge on any atom is 0.0979 e. The van der Waals surface area contributed by atoms with Gasteiger partial charge in [-0.1, -0.05) is 218 Å². The van der Waals surface area contributed by atoms with E-state index in [4.69, 9.17) is 9.97 Å². The third kappa shape index (κ3) is 8.81. The van der Waals surface area contributed by atoms with E-state index < -0.39 is 0 Å². The minimum Gasteiger partial charge on any atom is -0.311 e. The molecule has 0 saturated carbocycles. The second-order valence-electron chi connectivity index (χ2n) is 17.8. The molecule has 0 aliphatic heterocycles. The van der Waals surface area contributed by atoms with E-state index in [0.29, 0.717) is 0 Å². The number of rotatable bonds is 12. The molecule has 0 aliphatic carbocycles. The fraction of sp³-hybridized carbons (Fsp3) is 0. The van der Waals surface area contributed by atoms with Crippen molar-refractivity contribution in [3.8, 4) is 67.0 Å². The summed E-state index contributed by atoms with van der Waals surface area (Å²) in [5.41, 5.74) is 20.7. The summed E-state index contributed by atoms with van der Waals surface area (Å²) in [6, 6.07) is 103. The number of fused-ring (bicyclic) bond motifs is 1. The van der Waals surface area contributed by atoms with Gasteiger partial charge in [-0.25, -0.2) is 9.97 Å². The Hall–Kier alpha value is -9.64. The lowest BCUT2D eigenvalue weighted by molar-refractivity contribution is 1.28. The Morgan fingerprint density at radius 2 is 0.403 bits per heavy atom. The Kier molecular flexibility index (Phi) is 12.0. The average Bonchev–Trinajstić information content (AvgIpc) is 3.47. The van der Waals surface area contributed by atoms with Gasteiger partial charge in [0.05, 0.1) is 22.4 Å². The van der Waals surface area contributed by atoms with Crippen LogP contribution in [0.3, 0.4) is 0 Å². The molecule has 1 heterocycles. The molecule has 0 radical (unpaired) electrons. The van der Waals surface area contributed by atoms with Crippen LogP contribution >= 0.6 is 0 Å². The summed E-state index contributed by atoms with van der Waals surface area (Å²) in [5.74, 6) is 0. The summed E-state index contributed by atoms with van der Waals surface area (Å²) in [5, 5.41) is 0. The number of hydrogen-bond donors (Lipinski definition) is 0. The van der Waals surface area contributed by atoms with Gasteiger partial charge in [0.2, 0.25) is 0 Å². The van der Waals surface area contributed by atoms with E-state index >= 15 is 0 Å². The van der Waals surface area contributed by atoms with Gasteiger partial charge in [-0.05, 0) is 106 Å². The van der Waals surface area contributed by atoms with Crippen molar-refractivity contribution in [3.05, 3.63) is 291 Å². The lowest BCUT2D eigenvalue weighted by atomic mass is 9.95. The van der Waals surface area contributed by atoms with Crippen LogP contribution in [0.5, 0.6) is 0 Å². The van der Waals surface area contributed by atoms with Gasteiger partial charge >= 0.3 is 0 Å². The summed E-state index contributed by atoms with van der Waals surface area (Å²) in [7, 11) is 0. The average molecular weight is 921 g/mol. The highest BCUT2D eigenvalue weighted by Crippen LogP contribution is 2.41. The zero-order chi connectivity index (χ0) is 48.1. The minimum absolute atomic E-state index is 0.826. The minimum atomic E-state index is 0.826. The van der Waals surface area contributed by atoms with Crippen molar-refractivity contribution in [2.45, 2.75) is 0 Å². The summed E-state index contributed by atoms with van der Waals surface area (Å²) in [6.45, 7) is 0. The van der Waals surface area contributed by atoms with Crippen LogP contribution in [0.1, 0.15) is 0 Å². The summed E-state index contributed by atoms with van der Waals surface area (Å²) >= 11 is 0. The van der Waals surface area contributed by atoms with Crippen molar-refractivity contribution in [1.29, 1.82) is 0 Å². The van der Waals surface area contributed by atoms with E-state index in [0.717, 1.165) is 112 Å². The van der Waals surface area contributed by atoms with Crippen LogP contribution in [0, 0.1) is 0 Å². The van der Waals surface area contributed by atoms with E-state index in [1.54, 1.807) is 0 Å². The van der Waals surface area contributed by atoms with Crippen molar-refractivity contribution in [2.75, 3.05) is 9.80 Å². The SMILES string of the molecule is c1ccc(-c2ccc(-c3ccccc3)c3nc(-c4ccc(-c5ccc(N(c6ccccc6)c6ccccc6)cc5)cc4)c(-c4ccc(-c5ccc(N(c6ccccc6)c6ccccc6)cc5)cc4)nc23)cc1. The monoisotopic (exact) mass is 920 g/mol. The zero-order valence-corrected chi connectivity index (χ0v) is 39.5. The molecular formula is C68H48N4. The number of nitrogens with zero attached hydrogens (tertiary/aromatic N) is 4. The Bertz CT molecular complexity index is 3390. The number of hydrogen-bond acceptors (Lipinski definition) is 4.